The highest BCUT2D eigenvalue weighted by Gasteiger charge is 2.59. The maximum Gasteiger partial charge on any atom is 0.405 e. The second-order valence-corrected chi connectivity index (χ2v) is 9.18. The van der Waals surface area contributed by atoms with Crippen molar-refractivity contribution in [1.82, 2.24) is 10.2 Å². The third kappa shape index (κ3) is 4.46. The van der Waals surface area contributed by atoms with Crippen molar-refractivity contribution in [3.8, 4) is 11.5 Å². The largest absolute Gasteiger partial charge is 0.497 e. The molecule has 7 nitrogen and oxygen atoms in total. The van der Waals surface area contributed by atoms with E-state index in [1.807, 2.05) is 23.5 Å². The smallest absolute Gasteiger partial charge is 0.405 e. The summed E-state index contributed by atoms with van der Waals surface area (Å²) in [6, 6.07) is 10.8. The number of hydrogen-bond acceptors (Lipinski definition) is 5. The molecule has 2 aliphatic heterocycles. The molecule has 34 heavy (non-hydrogen) atoms. The van der Waals surface area contributed by atoms with Gasteiger partial charge in [0.25, 0.3) is 0 Å². The number of carbonyl (C=O) groups excluding carboxylic acids is 2. The topological polar surface area (TPSA) is 71.1 Å². The number of anilines is 1. The third-order valence-electron chi connectivity index (χ3n) is 6.08. The molecule has 2 amide bonds. The van der Waals surface area contributed by atoms with Gasteiger partial charge in [-0.15, -0.1) is 0 Å². The van der Waals surface area contributed by atoms with Crippen molar-refractivity contribution in [3.63, 3.8) is 0 Å². The van der Waals surface area contributed by atoms with Crippen LogP contribution in [0.25, 0.3) is 0 Å². The number of nitrogens with zero attached hydrogens (tertiary/aromatic N) is 2. The van der Waals surface area contributed by atoms with Crippen molar-refractivity contribution in [2.24, 2.45) is 0 Å². The van der Waals surface area contributed by atoms with E-state index in [9.17, 15) is 22.8 Å². The Labute approximate surface area is 202 Å². The van der Waals surface area contributed by atoms with Crippen LogP contribution in [0.4, 0.5) is 18.9 Å². The molecule has 2 aliphatic rings. The SMILES string of the molecule is COc1ccc(CN2CC3(C2)C(=O)N(CC(=O)NCC(F)(F)F)c2cccc(Br)c23)c(OC)c1. The van der Waals surface area contributed by atoms with E-state index < -0.39 is 30.6 Å². The van der Waals surface area contributed by atoms with Gasteiger partial charge in [-0.25, -0.2) is 0 Å². The van der Waals surface area contributed by atoms with Gasteiger partial charge < -0.3 is 19.7 Å². The number of methoxy groups -OCH3 is 2. The molecule has 11 heteroatoms. The first kappa shape index (κ1) is 24.3. The highest BCUT2D eigenvalue weighted by molar-refractivity contribution is 9.10. The Bertz CT molecular complexity index is 1120. The molecule has 2 aromatic carbocycles. The Balaban J connectivity index is 1.53. The molecule has 0 unspecified atom stereocenters. The number of alkyl halides is 3. The summed E-state index contributed by atoms with van der Waals surface area (Å²) in [5, 5.41) is 1.84. The van der Waals surface area contributed by atoms with E-state index in [2.05, 4.69) is 20.8 Å². The first-order valence-corrected chi connectivity index (χ1v) is 11.2. The lowest BCUT2D eigenvalue weighted by Gasteiger charge is -2.47. The molecule has 0 aromatic heterocycles. The van der Waals surface area contributed by atoms with Crippen LogP contribution in [-0.4, -0.2) is 63.3 Å². The molecular weight excluding hydrogens is 519 g/mol. The summed E-state index contributed by atoms with van der Waals surface area (Å²) in [6.07, 6.45) is -4.52. The van der Waals surface area contributed by atoms with Crippen LogP contribution in [0.2, 0.25) is 0 Å². The number of amides is 2. The number of rotatable bonds is 7. The molecule has 0 aliphatic carbocycles. The summed E-state index contributed by atoms with van der Waals surface area (Å²) >= 11 is 3.52. The van der Waals surface area contributed by atoms with E-state index in [-0.39, 0.29) is 5.91 Å². The molecule has 182 valence electrons. The molecule has 0 radical (unpaired) electrons. The van der Waals surface area contributed by atoms with Gasteiger partial charge in [-0.2, -0.15) is 13.2 Å². The van der Waals surface area contributed by atoms with Crippen molar-refractivity contribution >= 4 is 33.4 Å². The Kier molecular flexibility index (Phi) is 6.52. The van der Waals surface area contributed by atoms with Crippen LogP contribution in [0, 0.1) is 0 Å². The van der Waals surface area contributed by atoms with Gasteiger partial charge >= 0.3 is 6.18 Å². The van der Waals surface area contributed by atoms with Crippen LogP contribution in [0.15, 0.2) is 40.9 Å². The Morgan fingerprint density at radius 3 is 2.56 bits per heavy atom. The van der Waals surface area contributed by atoms with Crippen LogP contribution in [0.1, 0.15) is 11.1 Å². The first-order chi connectivity index (χ1) is 16.1. The predicted molar refractivity (Wildman–Crippen MR) is 122 cm³/mol. The molecule has 0 saturated carbocycles. The second kappa shape index (κ2) is 9.10. The van der Waals surface area contributed by atoms with Gasteiger partial charge in [-0.05, 0) is 18.2 Å². The van der Waals surface area contributed by atoms with E-state index in [4.69, 9.17) is 9.47 Å². The average Bonchev–Trinajstić information content (AvgIpc) is 3.01. The Morgan fingerprint density at radius 2 is 1.91 bits per heavy atom. The Morgan fingerprint density at radius 1 is 1.18 bits per heavy atom. The minimum Gasteiger partial charge on any atom is -0.497 e. The molecule has 1 saturated heterocycles. The predicted octanol–water partition coefficient (Wildman–Crippen LogP) is 3.25. The lowest BCUT2D eigenvalue weighted by molar-refractivity contribution is -0.138. The summed E-state index contributed by atoms with van der Waals surface area (Å²) in [7, 11) is 3.15. The number of likely N-dealkylation sites (tertiary alicyclic amines) is 1. The summed E-state index contributed by atoms with van der Waals surface area (Å²) in [5.74, 6) is 0.175. The molecule has 1 fully saturated rings. The summed E-state index contributed by atoms with van der Waals surface area (Å²) in [6.45, 7) is -0.586. The zero-order chi connectivity index (χ0) is 24.7. The van der Waals surface area contributed by atoms with Crippen molar-refractivity contribution in [2.75, 3.05) is 45.3 Å². The number of ether oxygens (including phenoxy) is 2. The Hall–Kier alpha value is -2.79. The summed E-state index contributed by atoms with van der Waals surface area (Å²) in [4.78, 5) is 29.0. The average molecular weight is 542 g/mol. The fourth-order valence-electron chi connectivity index (χ4n) is 4.59. The molecular formula is C23H23BrF3N3O4. The zero-order valence-electron chi connectivity index (χ0n) is 18.5. The zero-order valence-corrected chi connectivity index (χ0v) is 20.1. The number of hydrogen-bond donors (Lipinski definition) is 1. The number of carbonyl (C=O) groups is 2. The minimum atomic E-state index is -4.52. The van der Waals surface area contributed by atoms with Crippen LogP contribution in [-0.2, 0) is 21.5 Å². The fourth-order valence-corrected chi connectivity index (χ4v) is 5.32. The van der Waals surface area contributed by atoms with Gasteiger partial charge in [0, 0.05) is 47.0 Å². The van der Waals surface area contributed by atoms with Crippen molar-refractivity contribution < 1.29 is 32.2 Å². The number of halogens is 4. The maximum atomic E-state index is 13.5. The number of fused-ring (bicyclic) bond motifs is 2. The lowest BCUT2D eigenvalue weighted by Crippen LogP contribution is -2.63. The maximum absolute atomic E-state index is 13.5. The second-order valence-electron chi connectivity index (χ2n) is 8.32. The molecule has 1 N–H and O–H groups in total. The third-order valence-corrected chi connectivity index (χ3v) is 6.74. The molecule has 2 heterocycles. The number of benzene rings is 2. The van der Waals surface area contributed by atoms with Crippen molar-refractivity contribution in [2.45, 2.75) is 18.1 Å². The van der Waals surface area contributed by atoms with Gasteiger partial charge in [-0.3, -0.25) is 14.5 Å². The molecule has 0 bridgehead atoms. The van der Waals surface area contributed by atoms with E-state index in [0.29, 0.717) is 36.8 Å². The van der Waals surface area contributed by atoms with Crippen molar-refractivity contribution in [3.05, 3.63) is 52.0 Å². The molecule has 2 aromatic rings. The van der Waals surface area contributed by atoms with Gasteiger partial charge in [0.05, 0.1) is 14.2 Å². The summed E-state index contributed by atoms with van der Waals surface area (Å²) < 4.78 is 48.9. The van der Waals surface area contributed by atoms with E-state index >= 15 is 0 Å². The lowest BCUT2D eigenvalue weighted by atomic mass is 9.74. The van der Waals surface area contributed by atoms with Crippen LogP contribution >= 0.6 is 15.9 Å². The summed E-state index contributed by atoms with van der Waals surface area (Å²) in [5.41, 5.74) is 1.34. The normalized spacial score (nSPS) is 16.9. The number of nitrogens with one attached hydrogen (secondary N) is 1. The quantitative estimate of drug-likeness (QED) is 0.582. The highest BCUT2D eigenvalue weighted by atomic mass is 79.9. The molecule has 1 spiro atoms. The fraction of sp³-hybridized carbons (Fsp3) is 0.391. The monoisotopic (exact) mass is 541 g/mol. The highest BCUT2D eigenvalue weighted by Crippen LogP contribution is 2.50. The standard InChI is InChI=1S/C23H23BrF3N3O4/c1-33-15-7-6-14(18(8-15)34-2)9-29-12-22(13-29)20-16(24)4-3-5-17(20)30(21(22)32)10-19(31)28-11-23(25,26)27/h3-8H,9-13H2,1-2H3,(H,28,31). The molecule has 0 atom stereocenters. The van der Waals surface area contributed by atoms with Gasteiger partial charge in [-0.1, -0.05) is 28.1 Å². The van der Waals surface area contributed by atoms with E-state index in [0.717, 1.165) is 15.6 Å². The van der Waals surface area contributed by atoms with Crippen molar-refractivity contribution in [1.29, 1.82) is 0 Å². The van der Waals surface area contributed by atoms with Crippen LogP contribution in [0.3, 0.4) is 0 Å². The van der Waals surface area contributed by atoms with Crippen LogP contribution in [0.5, 0.6) is 11.5 Å². The van der Waals surface area contributed by atoms with Gasteiger partial charge in [0.2, 0.25) is 11.8 Å². The van der Waals surface area contributed by atoms with Gasteiger partial charge in [0.1, 0.15) is 30.0 Å². The first-order valence-electron chi connectivity index (χ1n) is 10.5. The van der Waals surface area contributed by atoms with Gasteiger partial charge in [0.15, 0.2) is 0 Å². The van der Waals surface area contributed by atoms with E-state index in [1.165, 1.54) is 4.90 Å². The van der Waals surface area contributed by atoms with Crippen LogP contribution < -0.4 is 19.7 Å². The minimum absolute atomic E-state index is 0.297. The van der Waals surface area contributed by atoms with E-state index in [1.54, 1.807) is 32.4 Å². The molecule has 4 rings (SSSR count).